The number of rotatable bonds is 7. The molecule has 4 rings (SSSR count). The van der Waals surface area contributed by atoms with Gasteiger partial charge >= 0.3 is 5.69 Å². The van der Waals surface area contributed by atoms with Crippen molar-refractivity contribution in [3.05, 3.63) is 69.7 Å². The highest BCUT2D eigenvalue weighted by atomic mass is 35.5. The first-order valence-corrected chi connectivity index (χ1v) is 12.4. The van der Waals surface area contributed by atoms with Gasteiger partial charge in [-0.1, -0.05) is 23.7 Å². The Kier molecular flexibility index (Phi) is 5.51. The summed E-state index contributed by atoms with van der Waals surface area (Å²) in [5.41, 5.74) is 3.67. The number of imidazole rings is 1. The minimum absolute atomic E-state index is 0.0512. The van der Waals surface area contributed by atoms with Gasteiger partial charge in [-0.05, 0) is 49.7 Å². The zero-order valence-electron chi connectivity index (χ0n) is 17.0. The molecule has 0 amide bonds. The maximum Gasteiger partial charge on any atom is 0.329 e. The van der Waals surface area contributed by atoms with Crippen molar-refractivity contribution >= 4 is 43.4 Å². The fraction of sp³-hybridized carbons (Fsp3) is 0.318. The summed E-state index contributed by atoms with van der Waals surface area (Å²) in [5.74, 6) is 0.120. The normalized spacial score (nSPS) is 12.2. The quantitative estimate of drug-likeness (QED) is 0.433. The third-order valence-electron chi connectivity index (χ3n) is 5.41. The maximum absolute atomic E-state index is 13.1. The van der Waals surface area contributed by atoms with E-state index in [-0.39, 0.29) is 11.4 Å². The molecule has 0 bridgehead atoms. The van der Waals surface area contributed by atoms with E-state index in [0.29, 0.717) is 31.1 Å². The van der Waals surface area contributed by atoms with E-state index in [0.717, 1.165) is 27.6 Å². The van der Waals surface area contributed by atoms with Crippen LogP contribution in [0.2, 0.25) is 5.02 Å². The van der Waals surface area contributed by atoms with Gasteiger partial charge < -0.3 is 4.57 Å². The van der Waals surface area contributed by atoms with Crippen LogP contribution in [-0.4, -0.2) is 34.1 Å². The molecule has 0 atom stereocenters. The molecule has 6 nitrogen and oxygen atoms in total. The van der Waals surface area contributed by atoms with Gasteiger partial charge in [0.15, 0.2) is 0 Å². The second-order valence-electron chi connectivity index (χ2n) is 7.58. The second-order valence-corrected chi connectivity index (χ2v) is 10.3. The molecule has 2 heterocycles. The number of halogens is 1. The minimum atomic E-state index is -3.04. The van der Waals surface area contributed by atoms with Crippen molar-refractivity contribution in [2.24, 2.45) is 0 Å². The molecule has 0 unspecified atom stereocenters. The fourth-order valence-corrected chi connectivity index (χ4v) is 4.91. The predicted molar refractivity (Wildman–Crippen MR) is 122 cm³/mol. The Bertz CT molecular complexity index is 1400. The van der Waals surface area contributed by atoms with Crippen LogP contribution >= 0.6 is 11.6 Å². The molecule has 0 N–H and O–H groups in total. The van der Waals surface area contributed by atoms with Gasteiger partial charge in [-0.25, -0.2) is 13.2 Å². The zero-order valence-corrected chi connectivity index (χ0v) is 18.6. The second kappa shape index (κ2) is 7.96. The van der Waals surface area contributed by atoms with Crippen LogP contribution in [0.25, 0.3) is 21.9 Å². The third kappa shape index (κ3) is 3.91. The van der Waals surface area contributed by atoms with E-state index in [1.165, 1.54) is 6.26 Å². The molecule has 158 valence electrons. The van der Waals surface area contributed by atoms with E-state index in [4.69, 9.17) is 11.6 Å². The molecule has 2 aromatic carbocycles. The standard InChI is InChI=1S/C22H24ClN3O3S/c1-3-24-20-7-4-5-8-21(20)26(22(24)27)15-18-14-16-13-17(23)9-10-19(16)25(18)11-6-12-30(2,28)29/h4-5,7-10,13-14H,3,6,11-12,15H2,1-2H3. The molecule has 0 fully saturated rings. The molecule has 0 aliphatic rings. The van der Waals surface area contributed by atoms with Crippen LogP contribution in [0.5, 0.6) is 0 Å². The molecule has 0 aliphatic carbocycles. The highest BCUT2D eigenvalue weighted by molar-refractivity contribution is 7.90. The van der Waals surface area contributed by atoms with Gasteiger partial charge in [0.2, 0.25) is 0 Å². The van der Waals surface area contributed by atoms with Crippen LogP contribution in [0, 0.1) is 0 Å². The summed E-state index contributed by atoms with van der Waals surface area (Å²) in [6.45, 7) is 3.51. The molecule has 0 saturated heterocycles. The third-order valence-corrected chi connectivity index (χ3v) is 6.67. The SMILES string of the molecule is CCn1c(=O)n(Cc2cc3cc(Cl)ccc3n2CCCS(C)(=O)=O)c2ccccc21. The van der Waals surface area contributed by atoms with E-state index in [2.05, 4.69) is 4.57 Å². The lowest BCUT2D eigenvalue weighted by Crippen LogP contribution is -2.25. The smallest absolute Gasteiger partial charge is 0.329 e. The Morgan fingerprint density at radius 3 is 2.30 bits per heavy atom. The number of para-hydroxylation sites is 2. The Balaban J connectivity index is 1.81. The van der Waals surface area contributed by atoms with Crippen LogP contribution in [0.3, 0.4) is 0 Å². The van der Waals surface area contributed by atoms with Gasteiger partial charge in [0, 0.05) is 41.0 Å². The number of nitrogens with zero attached hydrogens (tertiary/aromatic N) is 3. The number of aryl methyl sites for hydroxylation is 2. The maximum atomic E-state index is 13.1. The first-order chi connectivity index (χ1) is 14.3. The van der Waals surface area contributed by atoms with E-state index in [1.54, 1.807) is 9.13 Å². The minimum Gasteiger partial charge on any atom is -0.343 e. The Morgan fingerprint density at radius 1 is 0.933 bits per heavy atom. The van der Waals surface area contributed by atoms with Crippen molar-refractivity contribution in [1.29, 1.82) is 0 Å². The van der Waals surface area contributed by atoms with Crippen molar-refractivity contribution in [1.82, 2.24) is 13.7 Å². The number of aromatic nitrogens is 3. The van der Waals surface area contributed by atoms with Crippen molar-refractivity contribution in [3.8, 4) is 0 Å². The van der Waals surface area contributed by atoms with Crippen molar-refractivity contribution in [3.63, 3.8) is 0 Å². The first-order valence-electron chi connectivity index (χ1n) is 9.92. The summed E-state index contributed by atoms with van der Waals surface area (Å²) < 4.78 is 28.8. The van der Waals surface area contributed by atoms with Crippen LogP contribution in [0.4, 0.5) is 0 Å². The van der Waals surface area contributed by atoms with Crippen LogP contribution in [0.15, 0.2) is 53.3 Å². The average Bonchev–Trinajstić information content (AvgIpc) is 3.15. The number of hydrogen-bond donors (Lipinski definition) is 0. The first kappa shape index (κ1) is 20.8. The Morgan fingerprint density at radius 2 is 1.63 bits per heavy atom. The monoisotopic (exact) mass is 445 g/mol. The molecule has 30 heavy (non-hydrogen) atoms. The molecule has 2 aromatic heterocycles. The van der Waals surface area contributed by atoms with Crippen LogP contribution in [0.1, 0.15) is 19.0 Å². The number of benzene rings is 2. The van der Waals surface area contributed by atoms with Crippen molar-refractivity contribution < 1.29 is 8.42 Å². The summed E-state index contributed by atoms with van der Waals surface area (Å²) in [6, 6.07) is 15.5. The van der Waals surface area contributed by atoms with Crippen LogP contribution < -0.4 is 5.69 Å². The van der Waals surface area contributed by atoms with E-state index >= 15 is 0 Å². The van der Waals surface area contributed by atoms with Gasteiger partial charge in [0.1, 0.15) is 9.84 Å². The lowest BCUT2D eigenvalue weighted by atomic mass is 10.2. The largest absolute Gasteiger partial charge is 0.343 e. The summed E-state index contributed by atoms with van der Waals surface area (Å²) in [6.07, 6.45) is 1.75. The van der Waals surface area contributed by atoms with E-state index in [1.807, 2.05) is 55.5 Å². The summed E-state index contributed by atoms with van der Waals surface area (Å²) >= 11 is 6.18. The lowest BCUT2D eigenvalue weighted by molar-refractivity contribution is 0.588. The lowest BCUT2D eigenvalue weighted by Gasteiger charge is -2.11. The number of sulfone groups is 1. The summed E-state index contributed by atoms with van der Waals surface area (Å²) in [4.78, 5) is 13.1. The van der Waals surface area contributed by atoms with Crippen molar-refractivity contribution in [2.45, 2.75) is 33.0 Å². The molecule has 0 radical (unpaired) electrons. The fourth-order valence-electron chi connectivity index (χ4n) is 4.07. The Hall–Kier alpha value is -2.51. The van der Waals surface area contributed by atoms with Crippen molar-refractivity contribution in [2.75, 3.05) is 12.0 Å². The number of hydrogen-bond acceptors (Lipinski definition) is 3. The Labute approximate surface area is 180 Å². The van der Waals surface area contributed by atoms with Gasteiger partial charge in [-0.15, -0.1) is 0 Å². The van der Waals surface area contributed by atoms with Crippen LogP contribution in [-0.2, 0) is 29.5 Å². The van der Waals surface area contributed by atoms with Gasteiger partial charge in [0.25, 0.3) is 0 Å². The zero-order chi connectivity index (χ0) is 21.5. The molecular formula is C22H24ClN3O3S. The highest BCUT2D eigenvalue weighted by Gasteiger charge is 2.16. The molecule has 0 spiro atoms. The molecule has 4 aromatic rings. The highest BCUT2D eigenvalue weighted by Crippen LogP contribution is 2.25. The average molecular weight is 446 g/mol. The topological polar surface area (TPSA) is 66.0 Å². The van der Waals surface area contributed by atoms with E-state index in [9.17, 15) is 13.2 Å². The molecule has 8 heteroatoms. The van der Waals surface area contributed by atoms with Gasteiger partial charge in [-0.3, -0.25) is 9.13 Å². The molecule has 0 aliphatic heterocycles. The molecule has 0 saturated carbocycles. The summed E-state index contributed by atoms with van der Waals surface area (Å²) in [7, 11) is -3.04. The predicted octanol–water partition coefficient (Wildman–Crippen LogP) is 3.91. The van der Waals surface area contributed by atoms with Gasteiger partial charge in [0.05, 0.1) is 23.3 Å². The molecular weight excluding hydrogens is 422 g/mol. The summed E-state index contributed by atoms with van der Waals surface area (Å²) in [5, 5.41) is 1.62. The van der Waals surface area contributed by atoms with Gasteiger partial charge in [-0.2, -0.15) is 0 Å². The number of fused-ring (bicyclic) bond motifs is 2. The van der Waals surface area contributed by atoms with E-state index < -0.39 is 9.84 Å².